The van der Waals surface area contributed by atoms with Crippen LogP contribution in [0.2, 0.25) is 0 Å². The molecule has 1 aromatic rings. The Morgan fingerprint density at radius 1 is 1.53 bits per heavy atom. The highest BCUT2D eigenvalue weighted by Gasteiger charge is 2.06. The van der Waals surface area contributed by atoms with E-state index in [1.165, 1.54) is 6.20 Å². The largest absolute Gasteiger partial charge is 0.462 e. The van der Waals surface area contributed by atoms with Crippen molar-refractivity contribution in [2.75, 3.05) is 11.9 Å². The third-order valence-corrected chi connectivity index (χ3v) is 1.71. The van der Waals surface area contributed by atoms with Crippen molar-refractivity contribution in [3.05, 3.63) is 23.9 Å². The number of hydrogen-bond acceptors (Lipinski definition) is 4. The molecule has 1 aromatic heterocycles. The first-order valence-electron chi connectivity index (χ1n) is 5.03. The molecule has 0 aromatic carbocycles. The number of anilines is 1. The Labute approximate surface area is 89.7 Å². The molecule has 82 valence electrons. The molecular weight excluding hydrogens is 192 g/mol. The van der Waals surface area contributed by atoms with Gasteiger partial charge in [-0.15, -0.1) is 0 Å². The standard InChI is InChI=1S/C11H16N2O2/c1-4-15-11(14)9-5-6-10(12-7-9)13-8(2)3/h5-8H,4H2,1-3H3,(H,12,13). The second kappa shape index (κ2) is 5.34. The average molecular weight is 208 g/mol. The van der Waals surface area contributed by atoms with Gasteiger partial charge in [0.25, 0.3) is 0 Å². The quantitative estimate of drug-likeness (QED) is 0.770. The third-order valence-electron chi connectivity index (χ3n) is 1.71. The van der Waals surface area contributed by atoms with Crippen LogP contribution < -0.4 is 5.32 Å². The number of aromatic nitrogens is 1. The lowest BCUT2D eigenvalue weighted by Crippen LogP contribution is -2.11. The summed E-state index contributed by atoms with van der Waals surface area (Å²) in [6.45, 7) is 6.22. The predicted molar refractivity (Wildman–Crippen MR) is 59.0 cm³/mol. The molecule has 1 rings (SSSR count). The van der Waals surface area contributed by atoms with Gasteiger partial charge in [0.2, 0.25) is 0 Å². The summed E-state index contributed by atoms with van der Waals surface area (Å²) in [5.41, 5.74) is 0.478. The van der Waals surface area contributed by atoms with Crippen LogP contribution in [0.3, 0.4) is 0 Å². The van der Waals surface area contributed by atoms with E-state index >= 15 is 0 Å². The maximum atomic E-state index is 11.3. The Balaban J connectivity index is 2.67. The van der Waals surface area contributed by atoms with Crippen LogP contribution in [0.25, 0.3) is 0 Å². The molecule has 15 heavy (non-hydrogen) atoms. The molecule has 4 nitrogen and oxygen atoms in total. The van der Waals surface area contributed by atoms with Gasteiger partial charge in [-0.05, 0) is 32.9 Å². The summed E-state index contributed by atoms with van der Waals surface area (Å²) in [6.07, 6.45) is 1.52. The van der Waals surface area contributed by atoms with E-state index in [1.807, 2.05) is 13.8 Å². The minimum Gasteiger partial charge on any atom is -0.462 e. The van der Waals surface area contributed by atoms with E-state index in [0.717, 1.165) is 5.82 Å². The first-order chi connectivity index (χ1) is 7.13. The topological polar surface area (TPSA) is 51.2 Å². The van der Waals surface area contributed by atoms with E-state index in [2.05, 4.69) is 10.3 Å². The average Bonchev–Trinajstić information content (AvgIpc) is 2.18. The summed E-state index contributed by atoms with van der Waals surface area (Å²) in [6, 6.07) is 3.80. The van der Waals surface area contributed by atoms with Gasteiger partial charge in [-0.25, -0.2) is 9.78 Å². The van der Waals surface area contributed by atoms with Gasteiger partial charge < -0.3 is 10.1 Å². The van der Waals surface area contributed by atoms with Crippen molar-refractivity contribution in [2.45, 2.75) is 26.8 Å². The lowest BCUT2D eigenvalue weighted by molar-refractivity contribution is 0.0526. The molecule has 0 amide bonds. The fourth-order valence-corrected chi connectivity index (χ4v) is 1.11. The van der Waals surface area contributed by atoms with Crippen LogP contribution in [-0.4, -0.2) is 23.6 Å². The molecule has 0 unspecified atom stereocenters. The fourth-order valence-electron chi connectivity index (χ4n) is 1.11. The molecule has 0 aliphatic carbocycles. The monoisotopic (exact) mass is 208 g/mol. The number of carbonyl (C=O) groups is 1. The van der Waals surface area contributed by atoms with Crippen LogP contribution >= 0.6 is 0 Å². The van der Waals surface area contributed by atoms with Gasteiger partial charge >= 0.3 is 5.97 Å². The molecule has 0 fully saturated rings. The molecule has 0 saturated heterocycles. The second-order valence-electron chi connectivity index (χ2n) is 3.45. The van der Waals surface area contributed by atoms with Crippen molar-refractivity contribution in [1.82, 2.24) is 4.98 Å². The molecule has 0 aliphatic heterocycles. The van der Waals surface area contributed by atoms with Gasteiger partial charge in [-0.2, -0.15) is 0 Å². The van der Waals surface area contributed by atoms with Crippen molar-refractivity contribution in [2.24, 2.45) is 0 Å². The van der Waals surface area contributed by atoms with Crippen molar-refractivity contribution in [3.8, 4) is 0 Å². The number of carbonyl (C=O) groups excluding carboxylic acids is 1. The SMILES string of the molecule is CCOC(=O)c1ccc(NC(C)C)nc1. The van der Waals surface area contributed by atoms with E-state index in [9.17, 15) is 4.79 Å². The Morgan fingerprint density at radius 2 is 2.27 bits per heavy atom. The zero-order valence-corrected chi connectivity index (χ0v) is 9.28. The van der Waals surface area contributed by atoms with Crippen LogP contribution in [0, 0.1) is 0 Å². The van der Waals surface area contributed by atoms with Gasteiger partial charge in [-0.1, -0.05) is 0 Å². The summed E-state index contributed by atoms with van der Waals surface area (Å²) in [5.74, 6) is 0.430. The Kier molecular flexibility index (Phi) is 4.09. The molecule has 0 radical (unpaired) electrons. The molecule has 4 heteroatoms. The molecule has 1 heterocycles. The smallest absolute Gasteiger partial charge is 0.339 e. The lowest BCUT2D eigenvalue weighted by Gasteiger charge is -2.08. The van der Waals surface area contributed by atoms with Crippen LogP contribution in [-0.2, 0) is 4.74 Å². The highest BCUT2D eigenvalue weighted by molar-refractivity contribution is 5.89. The van der Waals surface area contributed by atoms with E-state index in [0.29, 0.717) is 18.2 Å². The number of nitrogens with zero attached hydrogens (tertiary/aromatic N) is 1. The van der Waals surface area contributed by atoms with Gasteiger partial charge in [0, 0.05) is 12.2 Å². The maximum absolute atomic E-state index is 11.3. The molecule has 0 spiro atoms. The Bertz CT molecular complexity index is 320. The van der Waals surface area contributed by atoms with Gasteiger partial charge in [-0.3, -0.25) is 0 Å². The molecule has 0 bridgehead atoms. The maximum Gasteiger partial charge on any atom is 0.339 e. The molecule has 1 N–H and O–H groups in total. The van der Waals surface area contributed by atoms with Crippen molar-refractivity contribution in [1.29, 1.82) is 0 Å². The number of nitrogens with one attached hydrogen (secondary N) is 1. The van der Waals surface area contributed by atoms with Crippen LogP contribution in [0.4, 0.5) is 5.82 Å². The number of rotatable bonds is 4. The Hall–Kier alpha value is -1.58. The van der Waals surface area contributed by atoms with Crippen LogP contribution in [0.15, 0.2) is 18.3 Å². The summed E-state index contributed by atoms with van der Waals surface area (Å²) >= 11 is 0. The summed E-state index contributed by atoms with van der Waals surface area (Å²) < 4.78 is 4.85. The highest BCUT2D eigenvalue weighted by Crippen LogP contribution is 2.07. The first kappa shape index (κ1) is 11.5. The van der Waals surface area contributed by atoms with E-state index < -0.39 is 0 Å². The van der Waals surface area contributed by atoms with Crippen molar-refractivity contribution >= 4 is 11.8 Å². The third kappa shape index (κ3) is 3.58. The molecular formula is C11H16N2O2. The predicted octanol–water partition coefficient (Wildman–Crippen LogP) is 2.08. The second-order valence-corrected chi connectivity index (χ2v) is 3.45. The number of pyridine rings is 1. The van der Waals surface area contributed by atoms with E-state index in [1.54, 1.807) is 19.1 Å². The lowest BCUT2D eigenvalue weighted by atomic mass is 10.3. The Morgan fingerprint density at radius 3 is 2.73 bits per heavy atom. The summed E-state index contributed by atoms with van der Waals surface area (Å²) in [5, 5.41) is 3.14. The van der Waals surface area contributed by atoms with Crippen LogP contribution in [0.5, 0.6) is 0 Å². The summed E-state index contributed by atoms with van der Waals surface area (Å²) in [4.78, 5) is 15.4. The molecule has 0 aliphatic rings. The minimum absolute atomic E-state index is 0.325. The number of ether oxygens (including phenoxy) is 1. The van der Waals surface area contributed by atoms with E-state index in [4.69, 9.17) is 4.74 Å². The normalized spacial score (nSPS) is 10.1. The summed E-state index contributed by atoms with van der Waals surface area (Å²) in [7, 11) is 0. The van der Waals surface area contributed by atoms with Crippen LogP contribution in [0.1, 0.15) is 31.1 Å². The van der Waals surface area contributed by atoms with Crippen molar-refractivity contribution in [3.63, 3.8) is 0 Å². The zero-order valence-electron chi connectivity index (χ0n) is 9.28. The van der Waals surface area contributed by atoms with E-state index in [-0.39, 0.29) is 5.97 Å². The van der Waals surface area contributed by atoms with Gasteiger partial charge in [0.1, 0.15) is 5.82 Å². The number of hydrogen-bond donors (Lipinski definition) is 1. The minimum atomic E-state index is -0.332. The fraction of sp³-hybridized carbons (Fsp3) is 0.455. The molecule has 0 saturated carbocycles. The number of esters is 1. The highest BCUT2D eigenvalue weighted by atomic mass is 16.5. The van der Waals surface area contributed by atoms with Gasteiger partial charge in [0.15, 0.2) is 0 Å². The zero-order chi connectivity index (χ0) is 11.3. The first-order valence-corrected chi connectivity index (χ1v) is 5.03. The molecule has 0 atom stereocenters. The van der Waals surface area contributed by atoms with Gasteiger partial charge in [0.05, 0.1) is 12.2 Å². The van der Waals surface area contributed by atoms with Crippen molar-refractivity contribution < 1.29 is 9.53 Å².